The number of nitrogens with zero attached hydrogens (tertiary/aromatic N) is 2. The summed E-state index contributed by atoms with van der Waals surface area (Å²) in [5.74, 6) is -0.0676. The van der Waals surface area contributed by atoms with Gasteiger partial charge in [-0.1, -0.05) is 0 Å². The van der Waals surface area contributed by atoms with Crippen LogP contribution in [0.5, 0.6) is 0 Å². The van der Waals surface area contributed by atoms with E-state index in [4.69, 9.17) is 10.5 Å². The molecule has 1 aliphatic heterocycles. The van der Waals surface area contributed by atoms with Crippen LogP contribution in [0.2, 0.25) is 0 Å². The Morgan fingerprint density at radius 2 is 2.09 bits per heavy atom. The number of nitrogen functional groups attached to an aromatic ring is 1. The smallest absolute Gasteiger partial charge is 0.351 e. The Balaban J connectivity index is 2.24. The van der Waals surface area contributed by atoms with E-state index in [9.17, 15) is 20.1 Å². The highest BCUT2D eigenvalue weighted by Gasteiger charge is 2.44. The summed E-state index contributed by atoms with van der Waals surface area (Å²) in [4.78, 5) is 15.6. The highest BCUT2D eigenvalue weighted by molar-refractivity contribution is 7.72. The molecule has 4 atom stereocenters. The predicted molar refractivity (Wildman–Crippen MR) is 90.1 cm³/mol. The molecule has 9 heteroatoms. The maximum absolute atomic E-state index is 12.0. The molecule has 130 valence electrons. The van der Waals surface area contributed by atoms with Gasteiger partial charge < -0.3 is 25.8 Å². The van der Waals surface area contributed by atoms with E-state index in [0.717, 1.165) is 10.7 Å². The van der Waals surface area contributed by atoms with Gasteiger partial charge in [-0.25, -0.2) is 4.79 Å². The van der Waals surface area contributed by atoms with Gasteiger partial charge in [-0.15, -0.1) is 13.2 Å². The van der Waals surface area contributed by atoms with Crippen LogP contribution in [0.1, 0.15) is 18.2 Å². The number of nitrogens with two attached hydrogens (primary N) is 1. The van der Waals surface area contributed by atoms with Gasteiger partial charge in [0.05, 0.1) is 12.7 Å². The molecule has 1 fully saturated rings. The quantitative estimate of drug-likeness (QED) is 0.505. The standard InChI is InChI=1S/C14H24N3O5P/c1-23(2,3)5-4-9-10(19)11(20)13(22-9)17-6-8(7-18)12(15)16-14(17)21/h6,9-11,13,18-20H,1,4-5,7H2,2-3H3,(H2,15,16,21)/t9-,10-,11-,13-/m1/s1. The van der Waals surface area contributed by atoms with Crippen molar-refractivity contribution in [2.75, 3.05) is 25.2 Å². The zero-order chi connectivity index (χ0) is 17.4. The Bertz CT molecular complexity index is 671. The molecule has 23 heavy (non-hydrogen) atoms. The van der Waals surface area contributed by atoms with Gasteiger partial charge in [0.1, 0.15) is 18.0 Å². The highest BCUT2D eigenvalue weighted by Crippen LogP contribution is 2.39. The SMILES string of the molecule is C=P(C)(C)CC[C@H]1O[C@@H](n2cc(CO)c(N)nc2=O)[C@H](O)[C@@H]1O. The molecule has 1 saturated heterocycles. The maximum Gasteiger partial charge on any atom is 0.351 e. The molecule has 1 aromatic heterocycles. The molecule has 8 nitrogen and oxygen atoms in total. The van der Waals surface area contributed by atoms with Crippen LogP contribution in [-0.4, -0.2) is 69.0 Å². The van der Waals surface area contributed by atoms with Crippen LogP contribution >= 0.6 is 6.89 Å². The number of hydrogen-bond acceptors (Lipinski definition) is 7. The largest absolute Gasteiger partial charge is 0.391 e. The second kappa shape index (κ2) is 6.75. The number of aliphatic hydroxyl groups excluding tert-OH is 3. The Morgan fingerprint density at radius 3 is 2.65 bits per heavy atom. The second-order valence-electron chi connectivity index (χ2n) is 6.49. The van der Waals surface area contributed by atoms with Crippen LogP contribution in [0.4, 0.5) is 5.82 Å². The Morgan fingerprint density at radius 1 is 1.43 bits per heavy atom. The zero-order valence-corrected chi connectivity index (χ0v) is 14.2. The predicted octanol–water partition coefficient (Wildman–Crippen LogP) is -0.964. The molecule has 0 bridgehead atoms. The molecule has 0 saturated carbocycles. The van der Waals surface area contributed by atoms with Crippen LogP contribution < -0.4 is 11.4 Å². The number of aliphatic hydroxyl groups is 3. The van der Waals surface area contributed by atoms with Crippen molar-refractivity contribution in [2.24, 2.45) is 0 Å². The summed E-state index contributed by atoms with van der Waals surface area (Å²) < 4.78 is 6.73. The van der Waals surface area contributed by atoms with Crippen molar-refractivity contribution >= 4 is 19.0 Å². The van der Waals surface area contributed by atoms with Gasteiger partial charge in [0, 0.05) is 11.8 Å². The summed E-state index contributed by atoms with van der Waals surface area (Å²) in [6.45, 7) is 2.46. The first-order valence-corrected chi connectivity index (χ1v) is 10.4. The fourth-order valence-electron chi connectivity index (χ4n) is 2.50. The van der Waals surface area contributed by atoms with Crippen LogP contribution in [0, 0.1) is 0 Å². The number of anilines is 1. The van der Waals surface area contributed by atoms with Crippen molar-refractivity contribution in [1.29, 1.82) is 0 Å². The summed E-state index contributed by atoms with van der Waals surface area (Å²) in [6.07, 6.45) is 2.73. The lowest BCUT2D eigenvalue weighted by molar-refractivity contribution is -0.0403. The lowest BCUT2D eigenvalue weighted by Crippen LogP contribution is -2.36. The van der Waals surface area contributed by atoms with E-state index < -0.39 is 43.7 Å². The zero-order valence-electron chi connectivity index (χ0n) is 13.3. The monoisotopic (exact) mass is 345 g/mol. The summed E-state index contributed by atoms with van der Waals surface area (Å²) >= 11 is 0. The average Bonchev–Trinajstić information content (AvgIpc) is 2.73. The molecule has 2 heterocycles. The second-order valence-corrected chi connectivity index (χ2v) is 10.8. The minimum atomic E-state index is -1.29. The molecule has 5 N–H and O–H groups in total. The van der Waals surface area contributed by atoms with Crippen LogP contribution in [0.25, 0.3) is 0 Å². The first-order chi connectivity index (χ1) is 10.6. The minimum Gasteiger partial charge on any atom is -0.391 e. The summed E-state index contributed by atoms with van der Waals surface area (Å²) in [6, 6.07) is 0. The molecule has 1 aromatic rings. The third-order valence-corrected chi connectivity index (χ3v) is 5.33. The lowest BCUT2D eigenvalue weighted by Gasteiger charge is -2.19. The van der Waals surface area contributed by atoms with Crippen molar-refractivity contribution in [3.8, 4) is 0 Å². The number of ether oxygens (including phenoxy) is 1. The molecule has 2 rings (SSSR count). The van der Waals surface area contributed by atoms with Crippen molar-refractivity contribution in [3.63, 3.8) is 0 Å². The molecular weight excluding hydrogens is 321 g/mol. The Kier molecular flexibility index (Phi) is 5.33. The molecular formula is C14H24N3O5P. The van der Waals surface area contributed by atoms with Crippen LogP contribution in [0.15, 0.2) is 11.0 Å². The van der Waals surface area contributed by atoms with Gasteiger partial charge in [0.15, 0.2) is 6.23 Å². The minimum absolute atomic E-state index is 0.0676. The Labute approximate surface area is 134 Å². The molecule has 0 aliphatic carbocycles. The van der Waals surface area contributed by atoms with E-state index in [0.29, 0.717) is 6.42 Å². The third-order valence-electron chi connectivity index (χ3n) is 3.86. The normalized spacial score (nSPS) is 28.2. The maximum atomic E-state index is 12.0. The van der Waals surface area contributed by atoms with E-state index in [1.165, 1.54) is 6.20 Å². The van der Waals surface area contributed by atoms with Gasteiger partial charge in [-0.05, 0) is 25.9 Å². The molecule has 0 aromatic carbocycles. The number of aromatic nitrogens is 2. The van der Waals surface area contributed by atoms with Crippen molar-refractivity contribution < 1.29 is 20.1 Å². The first kappa shape index (κ1) is 18.2. The summed E-state index contributed by atoms with van der Waals surface area (Å²) in [5, 5.41) is 29.6. The number of rotatable bonds is 5. The van der Waals surface area contributed by atoms with Gasteiger partial charge in [-0.2, -0.15) is 4.98 Å². The lowest BCUT2D eigenvalue weighted by atomic mass is 10.1. The van der Waals surface area contributed by atoms with E-state index in [2.05, 4.69) is 24.6 Å². The van der Waals surface area contributed by atoms with E-state index in [-0.39, 0.29) is 11.4 Å². The molecule has 0 radical (unpaired) electrons. The first-order valence-electron chi connectivity index (χ1n) is 7.31. The van der Waals surface area contributed by atoms with Crippen molar-refractivity contribution in [1.82, 2.24) is 9.55 Å². The van der Waals surface area contributed by atoms with E-state index >= 15 is 0 Å². The van der Waals surface area contributed by atoms with Crippen LogP contribution in [0.3, 0.4) is 0 Å². The molecule has 0 amide bonds. The summed E-state index contributed by atoms with van der Waals surface area (Å²) in [7, 11) is 0. The average molecular weight is 345 g/mol. The van der Waals surface area contributed by atoms with Crippen molar-refractivity contribution in [3.05, 3.63) is 22.2 Å². The topological polar surface area (TPSA) is 131 Å². The third kappa shape index (κ3) is 4.02. The molecule has 0 unspecified atom stereocenters. The van der Waals surface area contributed by atoms with E-state index in [1.54, 1.807) is 0 Å². The van der Waals surface area contributed by atoms with Gasteiger partial charge in [0.2, 0.25) is 0 Å². The van der Waals surface area contributed by atoms with Gasteiger partial charge >= 0.3 is 5.69 Å². The van der Waals surface area contributed by atoms with Crippen LogP contribution in [-0.2, 0) is 11.3 Å². The summed E-state index contributed by atoms with van der Waals surface area (Å²) in [5.41, 5.74) is 5.09. The highest BCUT2D eigenvalue weighted by atomic mass is 31.2. The van der Waals surface area contributed by atoms with Gasteiger partial charge in [0.25, 0.3) is 0 Å². The van der Waals surface area contributed by atoms with Crippen molar-refractivity contribution in [2.45, 2.75) is 37.6 Å². The molecule has 1 aliphatic rings. The number of hydrogen-bond donors (Lipinski definition) is 4. The fourth-order valence-corrected chi connectivity index (χ4v) is 3.45. The fraction of sp³-hybridized carbons (Fsp3) is 0.643. The van der Waals surface area contributed by atoms with Gasteiger partial charge in [-0.3, -0.25) is 4.57 Å². The molecule has 0 spiro atoms. The Hall–Kier alpha value is -1.18. The van der Waals surface area contributed by atoms with E-state index in [1.807, 2.05) is 0 Å².